The Labute approximate surface area is 176 Å². The van der Waals surface area contributed by atoms with E-state index in [9.17, 15) is 14.4 Å². The summed E-state index contributed by atoms with van der Waals surface area (Å²) >= 11 is 0. The summed E-state index contributed by atoms with van der Waals surface area (Å²) in [6.45, 7) is 3.77. The van der Waals surface area contributed by atoms with Crippen molar-refractivity contribution in [2.45, 2.75) is 51.5 Å². The zero-order chi connectivity index (χ0) is 21.3. The number of hydrogen-bond donors (Lipinski definition) is 2. The van der Waals surface area contributed by atoms with Crippen LogP contribution in [0.3, 0.4) is 0 Å². The second kappa shape index (κ2) is 7.94. The summed E-state index contributed by atoms with van der Waals surface area (Å²) in [5, 5.41) is 5.84. The van der Waals surface area contributed by atoms with Crippen LogP contribution in [-0.4, -0.2) is 29.3 Å². The third-order valence-electron chi connectivity index (χ3n) is 6.22. The van der Waals surface area contributed by atoms with Gasteiger partial charge in [0.2, 0.25) is 5.91 Å². The highest BCUT2D eigenvalue weighted by Gasteiger charge is 2.54. The third-order valence-corrected chi connectivity index (χ3v) is 6.22. The van der Waals surface area contributed by atoms with Crippen LogP contribution in [0.4, 0.5) is 10.5 Å². The minimum Gasteiger partial charge on any atom is -0.324 e. The van der Waals surface area contributed by atoms with Crippen molar-refractivity contribution < 1.29 is 14.4 Å². The molecular formula is C24H27N3O3. The molecule has 30 heavy (non-hydrogen) atoms. The number of rotatable bonds is 5. The molecule has 4 rings (SSSR count). The van der Waals surface area contributed by atoms with Gasteiger partial charge >= 0.3 is 6.03 Å². The average molecular weight is 405 g/mol. The largest absolute Gasteiger partial charge is 0.325 e. The summed E-state index contributed by atoms with van der Waals surface area (Å²) in [6.07, 6.45) is 3.81. The molecule has 2 aromatic carbocycles. The highest BCUT2D eigenvalue weighted by atomic mass is 16.2. The van der Waals surface area contributed by atoms with Crippen molar-refractivity contribution in [2.24, 2.45) is 0 Å². The zero-order valence-electron chi connectivity index (χ0n) is 17.5. The van der Waals surface area contributed by atoms with Crippen molar-refractivity contribution in [3.63, 3.8) is 0 Å². The quantitative estimate of drug-likeness (QED) is 0.747. The van der Waals surface area contributed by atoms with Gasteiger partial charge in [-0.3, -0.25) is 14.5 Å². The van der Waals surface area contributed by atoms with Crippen molar-refractivity contribution in [1.29, 1.82) is 0 Å². The molecule has 156 valence electrons. The number of fused-ring (bicyclic) bond motifs is 2. The molecule has 1 aliphatic carbocycles. The van der Waals surface area contributed by atoms with Gasteiger partial charge in [-0.1, -0.05) is 56.3 Å². The van der Waals surface area contributed by atoms with Crippen LogP contribution >= 0.6 is 0 Å². The first-order chi connectivity index (χ1) is 14.5. The summed E-state index contributed by atoms with van der Waals surface area (Å²) in [7, 11) is 0. The number of para-hydroxylation sites is 1. The molecule has 1 spiro atoms. The Bertz CT molecular complexity index is 994. The number of carbonyl (C=O) groups is 3. The van der Waals surface area contributed by atoms with Crippen molar-refractivity contribution in [1.82, 2.24) is 10.2 Å². The number of nitrogens with one attached hydrogen (secondary N) is 2. The van der Waals surface area contributed by atoms with Crippen molar-refractivity contribution in [3.05, 3.63) is 64.7 Å². The fourth-order valence-corrected chi connectivity index (χ4v) is 4.68. The maximum absolute atomic E-state index is 13.4. The van der Waals surface area contributed by atoms with Gasteiger partial charge in [-0.15, -0.1) is 0 Å². The van der Waals surface area contributed by atoms with Crippen LogP contribution in [0.25, 0.3) is 0 Å². The molecule has 0 radical (unpaired) electrons. The monoisotopic (exact) mass is 405 g/mol. The predicted molar refractivity (Wildman–Crippen MR) is 115 cm³/mol. The number of imide groups is 1. The second-order valence-corrected chi connectivity index (χ2v) is 7.94. The summed E-state index contributed by atoms with van der Waals surface area (Å²) in [6, 6.07) is 13.2. The second-order valence-electron chi connectivity index (χ2n) is 7.94. The van der Waals surface area contributed by atoms with Gasteiger partial charge in [0.1, 0.15) is 12.1 Å². The lowest BCUT2D eigenvalue weighted by molar-refractivity contribution is -0.134. The lowest BCUT2D eigenvalue weighted by Crippen LogP contribution is -2.47. The van der Waals surface area contributed by atoms with E-state index < -0.39 is 11.6 Å². The number of aryl methyl sites for hydroxylation is 3. The van der Waals surface area contributed by atoms with E-state index in [-0.39, 0.29) is 18.4 Å². The number of amides is 4. The van der Waals surface area contributed by atoms with Gasteiger partial charge in [-0.05, 0) is 54.4 Å². The minimum absolute atomic E-state index is 0.296. The molecule has 1 saturated heterocycles. The van der Waals surface area contributed by atoms with E-state index in [1.807, 2.05) is 56.3 Å². The van der Waals surface area contributed by atoms with E-state index in [0.717, 1.165) is 58.5 Å². The number of benzene rings is 2. The molecular weight excluding hydrogens is 378 g/mol. The maximum atomic E-state index is 13.4. The van der Waals surface area contributed by atoms with Crippen LogP contribution in [0, 0.1) is 0 Å². The van der Waals surface area contributed by atoms with Crippen molar-refractivity contribution >= 4 is 23.5 Å². The highest BCUT2D eigenvalue weighted by molar-refractivity contribution is 6.10. The van der Waals surface area contributed by atoms with Crippen LogP contribution in [0.5, 0.6) is 0 Å². The molecule has 2 N–H and O–H groups in total. The third kappa shape index (κ3) is 3.26. The lowest BCUT2D eigenvalue weighted by Gasteiger charge is -2.33. The summed E-state index contributed by atoms with van der Waals surface area (Å²) < 4.78 is 0. The number of carbonyl (C=O) groups excluding carboxylic acids is 3. The highest BCUT2D eigenvalue weighted by Crippen LogP contribution is 2.39. The molecule has 6 heteroatoms. The molecule has 0 aromatic heterocycles. The topological polar surface area (TPSA) is 78.5 Å². The van der Waals surface area contributed by atoms with Gasteiger partial charge in [0.25, 0.3) is 5.91 Å². The van der Waals surface area contributed by atoms with Gasteiger partial charge in [0.05, 0.1) is 0 Å². The normalized spacial score (nSPS) is 20.3. The Kier molecular flexibility index (Phi) is 5.33. The standard InChI is InChI=1S/C24H27N3O3/c1-3-16-10-7-11-17(4-2)21(16)25-20(28)15-27-22(29)24(26-23(27)30)14-8-12-18-9-5-6-13-19(18)24/h5-7,9-11,13H,3-4,8,12,14-15H2,1-2H3,(H,25,28)(H,26,30). The Morgan fingerprint density at radius 1 is 1.07 bits per heavy atom. The van der Waals surface area contributed by atoms with Gasteiger partial charge in [-0.2, -0.15) is 0 Å². The molecule has 0 bridgehead atoms. The van der Waals surface area contributed by atoms with Gasteiger partial charge < -0.3 is 10.6 Å². The Hall–Kier alpha value is -3.15. The minimum atomic E-state index is -1.05. The fraction of sp³-hybridized carbons (Fsp3) is 0.375. The number of hydrogen-bond acceptors (Lipinski definition) is 3. The van der Waals surface area contributed by atoms with Gasteiger partial charge in [0.15, 0.2) is 0 Å². The SMILES string of the molecule is CCc1cccc(CC)c1NC(=O)CN1C(=O)NC2(CCCc3ccccc32)C1=O. The molecule has 1 heterocycles. The molecule has 1 aliphatic heterocycles. The molecule has 1 atom stereocenters. The average Bonchev–Trinajstić information content (AvgIpc) is 2.99. The molecule has 0 saturated carbocycles. The van der Waals surface area contributed by atoms with E-state index in [1.54, 1.807) is 0 Å². The van der Waals surface area contributed by atoms with E-state index in [2.05, 4.69) is 10.6 Å². The first-order valence-corrected chi connectivity index (χ1v) is 10.6. The van der Waals surface area contributed by atoms with Crippen LogP contribution in [0.15, 0.2) is 42.5 Å². The van der Waals surface area contributed by atoms with Crippen LogP contribution in [-0.2, 0) is 34.4 Å². The van der Waals surface area contributed by atoms with Gasteiger partial charge in [-0.25, -0.2) is 4.79 Å². The van der Waals surface area contributed by atoms with E-state index in [4.69, 9.17) is 0 Å². The lowest BCUT2D eigenvalue weighted by atomic mass is 9.76. The number of anilines is 1. The molecule has 1 fully saturated rings. The Morgan fingerprint density at radius 2 is 1.77 bits per heavy atom. The smallest absolute Gasteiger partial charge is 0.324 e. The number of nitrogens with zero attached hydrogens (tertiary/aromatic N) is 1. The molecule has 1 unspecified atom stereocenters. The summed E-state index contributed by atoms with van der Waals surface area (Å²) in [4.78, 5) is 39.9. The van der Waals surface area contributed by atoms with Crippen molar-refractivity contribution in [3.8, 4) is 0 Å². The Balaban J connectivity index is 1.57. The molecule has 2 aromatic rings. The van der Waals surface area contributed by atoms with E-state index >= 15 is 0 Å². The first kappa shape index (κ1) is 20.1. The first-order valence-electron chi connectivity index (χ1n) is 10.6. The Morgan fingerprint density at radius 3 is 2.47 bits per heavy atom. The summed E-state index contributed by atoms with van der Waals surface area (Å²) in [5.41, 5.74) is 3.74. The van der Waals surface area contributed by atoms with E-state index in [1.165, 1.54) is 0 Å². The summed E-state index contributed by atoms with van der Waals surface area (Å²) in [5.74, 6) is -0.704. The molecule has 4 amide bonds. The van der Waals surface area contributed by atoms with Crippen molar-refractivity contribution in [2.75, 3.05) is 11.9 Å². The van der Waals surface area contributed by atoms with Gasteiger partial charge in [0, 0.05) is 5.69 Å². The number of urea groups is 1. The molecule has 2 aliphatic rings. The predicted octanol–water partition coefficient (Wildman–Crippen LogP) is 3.53. The van der Waals surface area contributed by atoms with Crippen LogP contribution in [0.2, 0.25) is 0 Å². The van der Waals surface area contributed by atoms with Crippen LogP contribution < -0.4 is 10.6 Å². The maximum Gasteiger partial charge on any atom is 0.325 e. The fourth-order valence-electron chi connectivity index (χ4n) is 4.68. The zero-order valence-corrected chi connectivity index (χ0v) is 17.5. The molecule has 6 nitrogen and oxygen atoms in total. The van der Waals surface area contributed by atoms with Crippen LogP contribution in [0.1, 0.15) is 48.9 Å². The van der Waals surface area contributed by atoms with E-state index in [0.29, 0.717) is 6.42 Å².